The van der Waals surface area contributed by atoms with Crippen LogP contribution in [0.3, 0.4) is 0 Å². The van der Waals surface area contributed by atoms with Crippen LogP contribution >= 0.6 is 0 Å². The van der Waals surface area contributed by atoms with Crippen LogP contribution in [-0.4, -0.2) is 54.7 Å². The molecule has 1 aromatic heterocycles. The molecule has 3 aliphatic rings. The number of hydrogen-bond acceptors (Lipinski definition) is 5. The van der Waals surface area contributed by atoms with Gasteiger partial charge in [-0.15, -0.1) is 0 Å². The zero-order chi connectivity index (χ0) is 19.1. The summed E-state index contributed by atoms with van der Waals surface area (Å²) in [7, 11) is 2.04. The maximum atomic E-state index is 12.6. The number of nitrogens with zero attached hydrogens (tertiary/aromatic N) is 3. The zero-order valence-corrected chi connectivity index (χ0v) is 16.0. The van der Waals surface area contributed by atoms with Gasteiger partial charge in [0.2, 0.25) is 0 Å². The molecule has 1 aromatic carbocycles. The number of nitrogens with one attached hydrogen (secondary N) is 1. The van der Waals surface area contributed by atoms with Gasteiger partial charge in [0, 0.05) is 51.3 Å². The van der Waals surface area contributed by atoms with E-state index in [-0.39, 0.29) is 11.6 Å². The van der Waals surface area contributed by atoms with Gasteiger partial charge in [-0.3, -0.25) is 9.69 Å². The SMILES string of the molecule is CN1c2ncccc2C(=O)NC12CCN(CC1=Cc3ccccc3OC1)CC2. The van der Waals surface area contributed by atoms with Gasteiger partial charge in [-0.2, -0.15) is 0 Å². The first-order chi connectivity index (χ1) is 13.6. The van der Waals surface area contributed by atoms with Crippen molar-refractivity contribution in [3.63, 3.8) is 0 Å². The lowest BCUT2D eigenvalue weighted by Crippen LogP contribution is -2.67. The largest absolute Gasteiger partial charge is 0.489 e. The summed E-state index contributed by atoms with van der Waals surface area (Å²) in [6, 6.07) is 11.8. The number of amides is 1. The number of hydrogen-bond donors (Lipinski definition) is 1. The van der Waals surface area contributed by atoms with E-state index in [1.54, 1.807) is 6.20 Å². The minimum atomic E-state index is -0.348. The second-order valence-electron chi connectivity index (χ2n) is 7.82. The molecule has 0 unspecified atom stereocenters. The average Bonchev–Trinajstić information content (AvgIpc) is 2.74. The first-order valence-electron chi connectivity index (χ1n) is 9.80. The van der Waals surface area contributed by atoms with Crippen LogP contribution in [0.25, 0.3) is 6.08 Å². The monoisotopic (exact) mass is 376 g/mol. The van der Waals surface area contributed by atoms with Crippen molar-refractivity contribution in [1.29, 1.82) is 0 Å². The van der Waals surface area contributed by atoms with Crippen molar-refractivity contribution in [2.75, 3.05) is 38.2 Å². The molecule has 4 heterocycles. The van der Waals surface area contributed by atoms with Gasteiger partial charge in [-0.05, 0) is 29.8 Å². The number of para-hydroxylation sites is 1. The van der Waals surface area contributed by atoms with E-state index in [0.29, 0.717) is 12.2 Å². The summed E-state index contributed by atoms with van der Waals surface area (Å²) >= 11 is 0. The van der Waals surface area contributed by atoms with Gasteiger partial charge in [-0.25, -0.2) is 4.98 Å². The molecule has 28 heavy (non-hydrogen) atoms. The number of carbonyl (C=O) groups is 1. The molecule has 1 amide bonds. The third-order valence-electron chi connectivity index (χ3n) is 6.14. The zero-order valence-electron chi connectivity index (χ0n) is 16.0. The summed E-state index contributed by atoms with van der Waals surface area (Å²) in [5.41, 5.74) is 2.75. The lowest BCUT2D eigenvalue weighted by molar-refractivity contribution is 0.0788. The molecule has 0 bridgehead atoms. The van der Waals surface area contributed by atoms with E-state index in [0.717, 1.165) is 49.6 Å². The second kappa shape index (κ2) is 6.63. The maximum Gasteiger partial charge on any atom is 0.256 e. The van der Waals surface area contributed by atoms with Crippen molar-refractivity contribution in [1.82, 2.24) is 15.2 Å². The molecule has 6 heteroatoms. The van der Waals surface area contributed by atoms with E-state index in [9.17, 15) is 4.79 Å². The quantitative estimate of drug-likeness (QED) is 0.873. The van der Waals surface area contributed by atoms with Crippen molar-refractivity contribution in [2.45, 2.75) is 18.5 Å². The number of ether oxygens (including phenoxy) is 1. The van der Waals surface area contributed by atoms with Crippen LogP contribution in [0.5, 0.6) is 5.75 Å². The van der Waals surface area contributed by atoms with Crippen LogP contribution in [-0.2, 0) is 0 Å². The molecule has 3 aliphatic heterocycles. The van der Waals surface area contributed by atoms with Gasteiger partial charge in [-0.1, -0.05) is 18.2 Å². The number of pyridine rings is 1. The Morgan fingerprint density at radius 2 is 2.00 bits per heavy atom. The molecule has 0 saturated carbocycles. The highest BCUT2D eigenvalue weighted by Crippen LogP contribution is 2.35. The molecule has 1 N–H and O–H groups in total. The fourth-order valence-electron chi connectivity index (χ4n) is 4.49. The van der Waals surface area contributed by atoms with Gasteiger partial charge < -0.3 is 15.0 Å². The van der Waals surface area contributed by atoms with Crippen LogP contribution in [0.2, 0.25) is 0 Å². The molecule has 1 fully saturated rings. The predicted octanol–water partition coefficient (Wildman–Crippen LogP) is 2.53. The molecule has 0 atom stereocenters. The minimum absolute atomic E-state index is 0.0188. The van der Waals surface area contributed by atoms with Crippen molar-refractivity contribution >= 4 is 17.8 Å². The van der Waals surface area contributed by atoms with Gasteiger partial charge in [0.15, 0.2) is 0 Å². The van der Waals surface area contributed by atoms with Gasteiger partial charge >= 0.3 is 0 Å². The number of piperidine rings is 1. The van der Waals surface area contributed by atoms with Crippen LogP contribution in [0.15, 0.2) is 48.2 Å². The van der Waals surface area contributed by atoms with E-state index in [1.165, 1.54) is 5.57 Å². The number of fused-ring (bicyclic) bond motifs is 2. The molecule has 0 radical (unpaired) electrons. The summed E-state index contributed by atoms with van der Waals surface area (Å²) in [6.45, 7) is 3.39. The molecule has 6 nitrogen and oxygen atoms in total. The van der Waals surface area contributed by atoms with Crippen molar-refractivity contribution in [3.8, 4) is 5.75 Å². The summed E-state index contributed by atoms with van der Waals surface area (Å²) in [4.78, 5) is 21.7. The van der Waals surface area contributed by atoms with Crippen molar-refractivity contribution in [2.24, 2.45) is 0 Å². The topological polar surface area (TPSA) is 57.7 Å². The van der Waals surface area contributed by atoms with E-state index in [4.69, 9.17) is 4.74 Å². The number of rotatable bonds is 2. The minimum Gasteiger partial charge on any atom is -0.489 e. The fraction of sp³-hybridized carbons (Fsp3) is 0.364. The third kappa shape index (κ3) is 2.85. The van der Waals surface area contributed by atoms with E-state index >= 15 is 0 Å². The Kier molecular flexibility index (Phi) is 4.09. The van der Waals surface area contributed by atoms with Crippen LogP contribution in [0, 0.1) is 0 Å². The van der Waals surface area contributed by atoms with Crippen LogP contribution in [0.1, 0.15) is 28.8 Å². The molecular weight excluding hydrogens is 352 g/mol. The number of carbonyl (C=O) groups excluding carboxylic acids is 1. The Morgan fingerprint density at radius 3 is 2.86 bits per heavy atom. The molecule has 1 saturated heterocycles. The summed E-state index contributed by atoms with van der Waals surface area (Å²) in [5.74, 6) is 1.72. The van der Waals surface area contributed by atoms with Crippen LogP contribution < -0.4 is 15.0 Å². The number of likely N-dealkylation sites (tertiary alicyclic amines) is 1. The molecule has 2 aromatic rings. The molecular formula is C22H24N4O2. The van der Waals surface area contributed by atoms with Gasteiger partial charge in [0.05, 0.1) is 5.56 Å². The lowest BCUT2D eigenvalue weighted by Gasteiger charge is -2.50. The Labute approximate surface area is 164 Å². The number of benzene rings is 1. The molecule has 5 rings (SSSR count). The van der Waals surface area contributed by atoms with Crippen LogP contribution in [0.4, 0.5) is 5.82 Å². The average molecular weight is 376 g/mol. The normalized spacial score (nSPS) is 20.7. The van der Waals surface area contributed by atoms with E-state index in [1.807, 2.05) is 37.4 Å². The number of anilines is 1. The molecule has 0 aliphatic carbocycles. The highest BCUT2D eigenvalue weighted by Gasteiger charge is 2.44. The fourth-order valence-corrected chi connectivity index (χ4v) is 4.49. The Morgan fingerprint density at radius 1 is 1.18 bits per heavy atom. The van der Waals surface area contributed by atoms with Gasteiger partial charge in [0.1, 0.15) is 23.8 Å². The molecule has 1 spiro atoms. The second-order valence-corrected chi connectivity index (χ2v) is 7.82. The first kappa shape index (κ1) is 17.3. The van der Waals surface area contributed by atoms with E-state index in [2.05, 4.69) is 32.2 Å². The maximum absolute atomic E-state index is 12.6. The summed E-state index contributed by atoms with van der Waals surface area (Å²) in [6.07, 6.45) is 5.74. The third-order valence-corrected chi connectivity index (χ3v) is 6.14. The van der Waals surface area contributed by atoms with Crippen molar-refractivity contribution in [3.05, 3.63) is 59.3 Å². The highest BCUT2D eigenvalue weighted by molar-refractivity contribution is 6.01. The Hall–Kier alpha value is -2.86. The predicted molar refractivity (Wildman–Crippen MR) is 108 cm³/mol. The lowest BCUT2D eigenvalue weighted by atomic mass is 9.91. The first-order valence-corrected chi connectivity index (χ1v) is 9.80. The number of aromatic nitrogens is 1. The highest BCUT2D eigenvalue weighted by atomic mass is 16.5. The standard InChI is InChI=1S/C22H24N4O2/c1-25-20-18(6-4-10-23-20)21(27)24-22(25)8-11-26(12-9-22)14-16-13-17-5-2-3-7-19(17)28-15-16/h2-7,10,13H,8-9,11-12,14-15H2,1H3,(H,24,27). The van der Waals surface area contributed by atoms with Gasteiger partial charge in [0.25, 0.3) is 5.91 Å². The summed E-state index contributed by atoms with van der Waals surface area (Å²) in [5, 5.41) is 3.26. The molecule has 144 valence electrons. The van der Waals surface area contributed by atoms with Crippen molar-refractivity contribution < 1.29 is 9.53 Å². The smallest absolute Gasteiger partial charge is 0.256 e. The van der Waals surface area contributed by atoms with E-state index < -0.39 is 0 Å². The Balaban J connectivity index is 1.28. The Bertz CT molecular complexity index is 947. The summed E-state index contributed by atoms with van der Waals surface area (Å²) < 4.78 is 5.89.